The fourth-order valence-electron chi connectivity index (χ4n) is 1.74. The van der Waals surface area contributed by atoms with E-state index in [1.165, 1.54) is 11.1 Å². The van der Waals surface area contributed by atoms with Gasteiger partial charge in [-0.25, -0.2) is 0 Å². The number of hydrogen-bond donors (Lipinski definition) is 0. The second-order valence-electron chi connectivity index (χ2n) is 3.57. The van der Waals surface area contributed by atoms with Gasteiger partial charge in [0.05, 0.1) is 12.7 Å². The first-order valence-electron chi connectivity index (χ1n) is 5.18. The van der Waals surface area contributed by atoms with Gasteiger partial charge in [0.15, 0.2) is 0 Å². The van der Waals surface area contributed by atoms with Crippen LogP contribution in [0, 0.1) is 0 Å². The van der Waals surface area contributed by atoms with Gasteiger partial charge in [0, 0.05) is 6.42 Å². The molecule has 0 saturated carbocycles. The third-order valence-electron chi connectivity index (χ3n) is 2.61. The molecule has 0 bridgehead atoms. The Balaban J connectivity index is 2.13. The number of benzene rings is 1. The molecule has 1 atom stereocenters. The summed E-state index contributed by atoms with van der Waals surface area (Å²) < 4.78 is 10.7. The summed E-state index contributed by atoms with van der Waals surface area (Å²) in [5, 5.41) is 0. The van der Waals surface area contributed by atoms with Crippen molar-refractivity contribution in [3.8, 4) is 0 Å². The Morgan fingerprint density at radius 1 is 1.43 bits per heavy atom. The Labute approximate surface area is 84.8 Å². The van der Waals surface area contributed by atoms with E-state index in [-0.39, 0.29) is 6.10 Å². The molecule has 0 N–H and O–H groups in total. The van der Waals surface area contributed by atoms with E-state index in [0.29, 0.717) is 6.79 Å². The van der Waals surface area contributed by atoms with Gasteiger partial charge in [-0.15, -0.1) is 0 Å². The van der Waals surface area contributed by atoms with Gasteiger partial charge in [-0.3, -0.25) is 0 Å². The Hall–Kier alpha value is -0.860. The topological polar surface area (TPSA) is 18.5 Å². The highest BCUT2D eigenvalue weighted by Crippen LogP contribution is 2.24. The minimum atomic E-state index is 0.232. The van der Waals surface area contributed by atoms with Crippen LogP contribution in [-0.2, 0) is 15.9 Å². The van der Waals surface area contributed by atoms with Crippen LogP contribution in [0.1, 0.15) is 30.6 Å². The van der Waals surface area contributed by atoms with Crippen molar-refractivity contribution in [1.82, 2.24) is 0 Å². The van der Waals surface area contributed by atoms with Gasteiger partial charge in [-0.05, 0) is 17.5 Å². The molecule has 0 spiro atoms. The van der Waals surface area contributed by atoms with Crippen molar-refractivity contribution in [2.45, 2.75) is 25.9 Å². The fourth-order valence-corrected chi connectivity index (χ4v) is 1.74. The number of hydrogen-bond acceptors (Lipinski definition) is 2. The zero-order chi connectivity index (χ0) is 9.80. The highest BCUT2D eigenvalue weighted by Gasteiger charge is 2.15. The zero-order valence-corrected chi connectivity index (χ0v) is 8.53. The van der Waals surface area contributed by atoms with Crippen LogP contribution in [0.25, 0.3) is 0 Å². The third kappa shape index (κ3) is 2.14. The molecule has 1 aliphatic rings. The lowest BCUT2D eigenvalue weighted by Gasteiger charge is -2.23. The summed E-state index contributed by atoms with van der Waals surface area (Å²) in [4.78, 5) is 0. The van der Waals surface area contributed by atoms with Gasteiger partial charge in [0.25, 0.3) is 0 Å². The Bertz CT molecular complexity index is 290. The molecule has 1 saturated heterocycles. The van der Waals surface area contributed by atoms with Crippen LogP contribution >= 0.6 is 0 Å². The highest BCUT2D eigenvalue weighted by molar-refractivity contribution is 5.25. The normalized spacial score (nSPS) is 22.2. The van der Waals surface area contributed by atoms with Crippen LogP contribution in [-0.4, -0.2) is 13.4 Å². The molecule has 1 fully saturated rings. The number of ether oxygens (including phenoxy) is 2. The fraction of sp³-hybridized carbons (Fsp3) is 0.500. The van der Waals surface area contributed by atoms with Crippen molar-refractivity contribution in [3.63, 3.8) is 0 Å². The smallest absolute Gasteiger partial charge is 0.147 e. The Morgan fingerprint density at radius 2 is 2.36 bits per heavy atom. The molecule has 1 aromatic rings. The predicted molar refractivity (Wildman–Crippen MR) is 55.1 cm³/mol. The van der Waals surface area contributed by atoms with Crippen LogP contribution in [0.3, 0.4) is 0 Å². The second-order valence-corrected chi connectivity index (χ2v) is 3.57. The summed E-state index contributed by atoms with van der Waals surface area (Å²) >= 11 is 0. The van der Waals surface area contributed by atoms with Crippen LogP contribution in [0.2, 0.25) is 0 Å². The Kier molecular flexibility index (Phi) is 3.17. The van der Waals surface area contributed by atoms with Gasteiger partial charge in [0.2, 0.25) is 0 Å². The molecule has 0 aliphatic carbocycles. The summed E-state index contributed by atoms with van der Waals surface area (Å²) in [5.41, 5.74) is 2.66. The molecule has 1 heterocycles. The van der Waals surface area contributed by atoms with Gasteiger partial charge in [-0.1, -0.05) is 31.2 Å². The van der Waals surface area contributed by atoms with E-state index >= 15 is 0 Å². The summed E-state index contributed by atoms with van der Waals surface area (Å²) in [7, 11) is 0. The van der Waals surface area contributed by atoms with E-state index in [9.17, 15) is 0 Å². The average molecular weight is 192 g/mol. The lowest BCUT2D eigenvalue weighted by molar-refractivity contribution is -0.140. The van der Waals surface area contributed by atoms with E-state index in [2.05, 4.69) is 31.2 Å². The molecule has 1 aromatic carbocycles. The van der Waals surface area contributed by atoms with E-state index in [1.54, 1.807) is 0 Å². The molecule has 2 heteroatoms. The molecule has 1 unspecified atom stereocenters. The first-order valence-corrected chi connectivity index (χ1v) is 5.18. The summed E-state index contributed by atoms with van der Waals surface area (Å²) in [6, 6.07) is 8.63. The quantitative estimate of drug-likeness (QED) is 0.717. The van der Waals surface area contributed by atoms with Crippen molar-refractivity contribution in [2.75, 3.05) is 13.4 Å². The SMILES string of the molecule is CCc1cccc(C2CCOCO2)c1. The first kappa shape index (κ1) is 9.69. The minimum Gasteiger partial charge on any atom is -0.355 e. The molecule has 0 amide bonds. The molecule has 76 valence electrons. The minimum absolute atomic E-state index is 0.232. The van der Waals surface area contributed by atoms with Gasteiger partial charge < -0.3 is 9.47 Å². The molecular formula is C12H16O2. The zero-order valence-electron chi connectivity index (χ0n) is 8.53. The van der Waals surface area contributed by atoms with Crippen molar-refractivity contribution in [2.24, 2.45) is 0 Å². The molecule has 2 rings (SSSR count). The van der Waals surface area contributed by atoms with Crippen LogP contribution in [0.5, 0.6) is 0 Å². The maximum absolute atomic E-state index is 5.54. The lowest BCUT2D eigenvalue weighted by Crippen LogP contribution is -2.17. The van der Waals surface area contributed by atoms with Crippen LogP contribution in [0.15, 0.2) is 24.3 Å². The third-order valence-corrected chi connectivity index (χ3v) is 2.61. The highest BCUT2D eigenvalue weighted by atomic mass is 16.7. The van der Waals surface area contributed by atoms with Gasteiger partial charge in [-0.2, -0.15) is 0 Å². The van der Waals surface area contributed by atoms with E-state index in [0.717, 1.165) is 19.4 Å². The van der Waals surface area contributed by atoms with Crippen molar-refractivity contribution in [1.29, 1.82) is 0 Å². The van der Waals surface area contributed by atoms with E-state index in [1.807, 2.05) is 0 Å². The molecule has 1 aliphatic heterocycles. The summed E-state index contributed by atoms with van der Waals surface area (Å²) in [6.45, 7) is 3.41. The Morgan fingerprint density at radius 3 is 3.07 bits per heavy atom. The summed E-state index contributed by atoms with van der Waals surface area (Å²) in [5.74, 6) is 0. The average Bonchev–Trinajstić information content (AvgIpc) is 2.30. The van der Waals surface area contributed by atoms with Crippen molar-refractivity contribution < 1.29 is 9.47 Å². The largest absolute Gasteiger partial charge is 0.355 e. The van der Waals surface area contributed by atoms with E-state index < -0.39 is 0 Å². The van der Waals surface area contributed by atoms with E-state index in [4.69, 9.17) is 9.47 Å². The monoisotopic (exact) mass is 192 g/mol. The van der Waals surface area contributed by atoms with Crippen LogP contribution < -0.4 is 0 Å². The molecular weight excluding hydrogens is 176 g/mol. The van der Waals surface area contributed by atoms with Crippen molar-refractivity contribution in [3.05, 3.63) is 35.4 Å². The molecule has 2 nitrogen and oxygen atoms in total. The standard InChI is InChI=1S/C12H16O2/c1-2-10-4-3-5-11(8-10)12-6-7-13-9-14-12/h3-5,8,12H,2,6-7,9H2,1H3. The van der Waals surface area contributed by atoms with Crippen LogP contribution in [0.4, 0.5) is 0 Å². The molecule has 14 heavy (non-hydrogen) atoms. The van der Waals surface area contributed by atoms with Gasteiger partial charge in [0.1, 0.15) is 6.79 Å². The van der Waals surface area contributed by atoms with Gasteiger partial charge >= 0.3 is 0 Å². The predicted octanol–water partition coefficient (Wildman–Crippen LogP) is 2.68. The first-order chi connectivity index (χ1) is 6.90. The van der Waals surface area contributed by atoms with Crippen molar-refractivity contribution >= 4 is 0 Å². The molecule has 0 aromatic heterocycles. The number of aryl methyl sites for hydroxylation is 1. The second kappa shape index (κ2) is 4.58. The maximum Gasteiger partial charge on any atom is 0.147 e. The summed E-state index contributed by atoms with van der Waals surface area (Å²) in [6.07, 6.45) is 2.28. The number of rotatable bonds is 2. The maximum atomic E-state index is 5.54. The molecule has 0 radical (unpaired) electrons. The lowest BCUT2D eigenvalue weighted by atomic mass is 10.0.